The van der Waals surface area contributed by atoms with Crippen molar-refractivity contribution in [2.75, 3.05) is 10.7 Å². The Morgan fingerprint density at radius 1 is 1.03 bits per heavy atom. The zero-order valence-electron chi connectivity index (χ0n) is 17.4. The third-order valence-corrected chi connectivity index (χ3v) is 5.02. The second-order valence-electron chi connectivity index (χ2n) is 7.04. The lowest BCUT2D eigenvalue weighted by molar-refractivity contribution is 0.0697. The summed E-state index contributed by atoms with van der Waals surface area (Å²) in [5.41, 5.74) is 4.14. The van der Waals surface area contributed by atoms with E-state index in [1.165, 1.54) is 42.6 Å². The Kier molecular flexibility index (Phi) is 5.77. The molecule has 5 rings (SSSR count). The minimum absolute atomic E-state index is 0.0325. The molecule has 2 aromatic carbocycles. The van der Waals surface area contributed by atoms with Crippen LogP contribution in [0.5, 0.6) is 0 Å². The van der Waals surface area contributed by atoms with Gasteiger partial charge in [-0.05, 0) is 64.9 Å². The summed E-state index contributed by atoms with van der Waals surface area (Å²) in [6.45, 7) is 0. The van der Waals surface area contributed by atoms with Gasteiger partial charge in [0.15, 0.2) is 11.6 Å². The van der Waals surface area contributed by atoms with E-state index in [1.807, 2.05) is 0 Å². The van der Waals surface area contributed by atoms with Gasteiger partial charge in [0.1, 0.15) is 17.3 Å². The van der Waals surface area contributed by atoms with Crippen LogP contribution in [-0.2, 0) is 0 Å². The van der Waals surface area contributed by atoms with Gasteiger partial charge in [0.25, 0.3) is 0 Å². The lowest BCUT2D eigenvalue weighted by Crippen LogP contribution is -2.03. The summed E-state index contributed by atoms with van der Waals surface area (Å²) >= 11 is 5.92. The maximum Gasteiger partial charge on any atom is 0.337 e. The molecule has 3 heterocycles. The number of fused-ring (bicyclic) bond motifs is 1. The molecule has 0 saturated heterocycles. The summed E-state index contributed by atoms with van der Waals surface area (Å²) in [4.78, 5) is 19.9. The van der Waals surface area contributed by atoms with Gasteiger partial charge in [0.2, 0.25) is 11.3 Å². The van der Waals surface area contributed by atoms with E-state index in [0.717, 1.165) is 0 Å². The number of aromatic nitrogens is 4. The summed E-state index contributed by atoms with van der Waals surface area (Å²) < 4.78 is 23.6. The largest absolute Gasteiger partial charge is 0.478 e. The summed E-state index contributed by atoms with van der Waals surface area (Å²) in [5, 5.41) is 23.9. The van der Waals surface area contributed by atoms with Crippen molar-refractivity contribution in [1.29, 1.82) is 0 Å². The Morgan fingerprint density at radius 3 is 2.51 bits per heavy atom. The zero-order valence-corrected chi connectivity index (χ0v) is 18.2. The van der Waals surface area contributed by atoms with E-state index in [4.69, 9.17) is 16.0 Å². The maximum absolute atomic E-state index is 13.2. The van der Waals surface area contributed by atoms with Gasteiger partial charge in [-0.1, -0.05) is 11.6 Å². The van der Waals surface area contributed by atoms with Crippen LogP contribution in [-0.4, -0.2) is 37.6 Å². The fourth-order valence-electron chi connectivity index (χ4n) is 3.05. The molecule has 174 valence electrons. The predicted molar refractivity (Wildman–Crippen MR) is 124 cm³/mol. The summed E-state index contributed by atoms with van der Waals surface area (Å²) in [5.74, 6) is -0.261. The minimum atomic E-state index is -1.14. The van der Waals surface area contributed by atoms with Crippen LogP contribution in [0.3, 0.4) is 0 Å². The molecule has 0 saturated carbocycles. The molecule has 3 N–H and O–H groups in total. The van der Waals surface area contributed by atoms with E-state index in [2.05, 4.69) is 40.8 Å². The Labute approximate surface area is 200 Å². The molecule has 0 radical (unpaired) electrons. The number of nitrogens with one attached hydrogen (secondary N) is 2. The smallest absolute Gasteiger partial charge is 0.337 e. The van der Waals surface area contributed by atoms with E-state index in [1.54, 1.807) is 18.2 Å². The molecule has 0 unspecified atom stereocenters. The number of benzene rings is 2. The molecule has 0 aliphatic heterocycles. The van der Waals surface area contributed by atoms with Crippen LogP contribution in [0.2, 0.25) is 5.02 Å². The van der Waals surface area contributed by atoms with Gasteiger partial charge in [0.05, 0.1) is 16.8 Å². The highest BCUT2D eigenvalue weighted by atomic mass is 35.5. The summed E-state index contributed by atoms with van der Waals surface area (Å²) in [6, 6.07) is 13.6. The number of rotatable bonds is 7. The second kappa shape index (κ2) is 9.19. The predicted octanol–water partition coefficient (Wildman–Crippen LogP) is 4.95. The fraction of sp³-hybridized carbons (Fsp3) is 0. The quantitative estimate of drug-likeness (QED) is 0.209. The van der Waals surface area contributed by atoms with E-state index < -0.39 is 5.97 Å². The van der Waals surface area contributed by atoms with E-state index >= 15 is 0 Å². The zero-order chi connectivity index (χ0) is 24.4. The Balaban J connectivity index is 1.37. The maximum atomic E-state index is 13.2. The van der Waals surface area contributed by atoms with Crippen molar-refractivity contribution in [1.82, 2.24) is 20.3 Å². The van der Waals surface area contributed by atoms with Crippen molar-refractivity contribution in [2.24, 2.45) is 5.10 Å². The molecule has 0 spiro atoms. The van der Waals surface area contributed by atoms with Gasteiger partial charge in [-0.15, -0.1) is 0 Å². The monoisotopic (exact) mass is 493 g/mol. The summed E-state index contributed by atoms with van der Waals surface area (Å²) in [6.07, 6.45) is 1.39. The second-order valence-corrected chi connectivity index (χ2v) is 7.44. The first-order chi connectivity index (χ1) is 17.0. The van der Waals surface area contributed by atoms with Crippen molar-refractivity contribution in [2.45, 2.75) is 0 Å². The van der Waals surface area contributed by atoms with E-state index in [-0.39, 0.29) is 39.3 Å². The third-order valence-electron chi connectivity index (χ3n) is 4.69. The van der Waals surface area contributed by atoms with Crippen LogP contribution >= 0.6 is 11.6 Å². The van der Waals surface area contributed by atoms with Crippen LogP contribution in [0.4, 0.5) is 21.7 Å². The summed E-state index contributed by atoms with van der Waals surface area (Å²) in [7, 11) is 0. The highest BCUT2D eigenvalue weighted by Gasteiger charge is 2.14. The number of nitrogens with zero attached hydrogens (tertiary/aromatic N) is 5. The number of aromatic carboxylic acids is 1. The van der Waals surface area contributed by atoms with Gasteiger partial charge in [0, 0.05) is 11.3 Å². The van der Waals surface area contributed by atoms with Crippen LogP contribution < -0.4 is 10.7 Å². The Hall–Kier alpha value is -4.84. The lowest BCUT2D eigenvalue weighted by atomic mass is 10.1. The number of carboxylic acid groups (broad SMARTS) is 1. The van der Waals surface area contributed by atoms with Crippen molar-refractivity contribution in [3.05, 3.63) is 76.8 Å². The highest BCUT2D eigenvalue weighted by molar-refractivity contribution is 6.33. The molecular weight excluding hydrogens is 481 g/mol. The SMILES string of the molecule is O=C(O)c1cc(-c2ccc(/C=N/Nc3nc4nonc4nc3Nc3ccc(F)cc3)o2)ccc1Cl. The molecule has 3 aromatic heterocycles. The topological polar surface area (TPSA) is 152 Å². The van der Waals surface area contributed by atoms with Crippen molar-refractivity contribution in [3.8, 4) is 11.3 Å². The number of furan rings is 1. The number of hydrogen-bond acceptors (Lipinski definition) is 10. The van der Waals surface area contributed by atoms with Crippen LogP contribution in [0.25, 0.3) is 22.6 Å². The number of hydrogen-bond donors (Lipinski definition) is 3. The molecule has 35 heavy (non-hydrogen) atoms. The minimum Gasteiger partial charge on any atom is -0.478 e. The molecule has 0 fully saturated rings. The molecule has 5 aromatic rings. The van der Waals surface area contributed by atoms with Crippen LogP contribution in [0, 0.1) is 5.82 Å². The first-order valence-electron chi connectivity index (χ1n) is 9.91. The molecule has 0 bridgehead atoms. The Morgan fingerprint density at radius 2 is 1.77 bits per heavy atom. The fourth-order valence-corrected chi connectivity index (χ4v) is 3.25. The number of anilines is 3. The van der Waals surface area contributed by atoms with Gasteiger partial charge >= 0.3 is 5.97 Å². The van der Waals surface area contributed by atoms with Crippen molar-refractivity contribution in [3.63, 3.8) is 0 Å². The first-order valence-corrected chi connectivity index (χ1v) is 10.3. The molecule has 11 nitrogen and oxygen atoms in total. The van der Waals surface area contributed by atoms with Gasteiger partial charge < -0.3 is 14.8 Å². The van der Waals surface area contributed by atoms with Gasteiger partial charge in [-0.2, -0.15) is 10.1 Å². The first kappa shape index (κ1) is 22.0. The molecule has 13 heteroatoms. The number of hydrazone groups is 1. The molecule has 0 aliphatic rings. The average molecular weight is 494 g/mol. The standard InChI is InChI=1S/C22H13ClFN7O4/c23-16-7-1-11(9-15(16)22(32)33)17-8-6-14(34-17)10-25-29-19-18(26-13-4-2-12(24)3-5-13)27-20-21(28-19)31-35-30-20/h1-10H,(H,32,33)(H,26,27,30)(H,28,29,31)/b25-10+. The Bertz CT molecular complexity index is 1570. The highest BCUT2D eigenvalue weighted by Crippen LogP contribution is 2.27. The average Bonchev–Trinajstić information content (AvgIpc) is 3.50. The van der Waals surface area contributed by atoms with Crippen molar-refractivity contribution >= 4 is 52.4 Å². The molecule has 0 amide bonds. The molecule has 0 atom stereocenters. The number of halogens is 2. The number of carboxylic acids is 1. The number of carbonyl (C=O) groups is 1. The lowest BCUT2D eigenvalue weighted by Gasteiger charge is -2.09. The normalized spacial score (nSPS) is 11.3. The van der Waals surface area contributed by atoms with E-state index in [0.29, 0.717) is 22.8 Å². The molecule has 0 aliphatic carbocycles. The molecular formula is C22H13ClFN7O4. The third kappa shape index (κ3) is 4.77. The van der Waals surface area contributed by atoms with Gasteiger partial charge in [-0.3, -0.25) is 5.43 Å². The van der Waals surface area contributed by atoms with Crippen LogP contribution in [0.15, 0.2) is 68.7 Å². The van der Waals surface area contributed by atoms with Crippen molar-refractivity contribution < 1.29 is 23.3 Å². The van der Waals surface area contributed by atoms with Gasteiger partial charge in [-0.25, -0.2) is 18.8 Å². The van der Waals surface area contributed by atoms with E-state index in [9.17, 15) is 14.3 Å². The van der Waals surface area contributed by atoms with Crippen LogP contribution in [0.1, 0.15) is 16.1 Å².